The first-order valence-corrected chi connectivity index (χ1v) is 5.75. The summed E-state index contributed by atoms with van der Waals surface area (Å²) >= 11 is 0. The molecule has 1 N–H and O–H groups in total. The summed E-state index contributed by atoms with van der Waals surface area (Å²) < 4.78 is 1.35. The molecule has 0 bridgehead atoms. The number of non-ortho nitro benzene ring substituents is 1. The summed E-state index contributed by atoms with van der Waals surface area (Å²) in [7, 11) is 0. The second-order valence-electron chi connectivity index (χ2n) is 4.42. The summed E-state index contributed by atoms with van der Waals surface area (Å²) in [5.41, 5.74) is 1.87. The van der Waals surface area contributed by atoms with Gasteiger partial charge in [0.2, 0.25) is 0 Å². The molecule has 7 nitrogen and oxygen atoms in total. The van der Waals surface area contributed by atoms with E-state index in [1.165, 1.54) is 28.7 Å². The Morgan fingerprint density at radius 2 is 2.15 bits per heavy atom. The van der Waals surface area contributed by atoms with Crippen LogP contribution >= 0.6 is 0 Å². The van der Waals surface area contributed by atoms with Crippen molar-refractivity contribution >= 4 is 22.4 Å². The van der Waals surface area contributed by atoms with Gasteiger partial charge >= 0.3 is 0 Å². The summed E-state index contributed by atoms with van der Waals surface area (Å²) in [6.07, 6.45) is 0. The van der Waals surface area contributed by atoms with Crippen LogP contribution in [0.25, 0.3) is 16.7 Å². The zero-order chi connectivity index (χ0) is 14.4. The van der Waals surface area contributed by atoms with E-state index < -0.39 is 4.92 Å². The van der Waals surface area contributed by atoms with Crippen LogP contribution in [0.4, 0.5) is 5.69 Å². The van der Waals surface area contributed by atoms with Crippen molar-refractivity contribution in [3.05, 3.63) is 55.9 Å². The smallest absolute Gasteiger partial charge is 0.271 e. The molecule has 0 atom stereocenters. The number of nitrogens with one attached hydrogen (secondary N) is 1. The predicted octanol–water partition coefficient (Wildman–Crippen LogP) is 1.87. The number of nitriles is 1. The van der Waals surface area contributed by atoms with Crippen molar-refractivity contribution in [2.75, 3.05) is 0 Å². The number of aromatic nitrogens is 2. The quantitative estimate of drug-likeness (QED) is 0.537. The number of imidazole rings is 1. The molecule has 2 heterocycles. The summed E-state index contributed by atoms with van der Waals surface area (Å²) in [6, 6.07) is 7.58. The van der Waals surface area contributed by atoms with Crippen LogP contribution in [0.15, 0.2) is 29.1 Å². The van der Waals surface area contributed by atoms with Gasteiger partial charge in [-0.1, -0.05) is 0 Å². The Morgan fingerprint density at radius 1 is 1.40 bits per heavy atom. The monoisotopic (exact) mass is 268 g/mol. The minimum absolute atomic E-state index is 0.0765. The van der Waals surface area contributed by atoms with Crippen LogP contribution in [0.2, 0.25) is 0 Å². The zero-order valence-electron chi connectivity index (χ0n) is 10.4. The number of nitrogens with zero attached hydrogens (tertiary/aromatic N) is 3. The molecule has 0 aliphatic rings. The molecule has 0 radical (unpaired) electrons. The lowest BCUT2D eigenvalue weighted by Crippen LogP contribution is -2.13. The zero-order valence-corrected chi connectivity index (χ0v) is 10.4. The fourth-order valence-corrected chi connectivity index (χ4v) is 2.29. The van der Waals surface area contributed by atoms with E-state index in [0.717, 1.165) is 0 Å². The van der Waals surface area contributed by atoms with Crippen molar-refractivity contribution in [2.45, 2.75) is 6.92 Å². The average molecular weight is 268 g/mol. The van der Waals surface area contributed by atoms with E-state index in [0.29, 0.717) is 27.8 Å². The maximum Gasteiger partial charge on any atom is 0.271 e. The fourth-order valence-electron chi connectivity index (χ4n) is 2.29. The van der Waals surface area contributed by atoms with Gasteiger partial charge in [0.1, 0.15) is 11.7 Å². The van der Waals surface area contributed by atoms with Crippen molar-refractivity contribution in [3.63, 3.8) is 0 Å². The Morgan fingerprint density at radius 3 is 2.80 bits per heavy atom. The van der Waals surface area contributed by atoms with Crippen LogP contribution in [0.1, 0.15) is 11.1 Å². The molecular weight excluding hydrogens is 260 g/mol. The number of nitro groups is 1. The van der Waals surface area contributed by atoms with Gasteiger partial charge in [0.05, 0.1) is 21.5 Å². The molecule has 2 aromatic heterocycles. The van der Waals surface area contributed by atoms with E-state index in [1.807, 2.05) is 6.07 Å². The lowest BCUT2D eigenvalue weighted by Gasteiger charge is -1.99. The molecule has 3 rings (SSSR count). The number of hydrogen-bond acceptors (Lipinski definition) is 4. The number of hydrogen-bond donors (Lipinski definition) is 1. The van der Waals surface area contributed by atoms with Crippen molar-refractivity contribution in [2.24, 2.45) is 0 Å². The van der Waals surface area contributed by atoms with Crippen LogP contribution < -0.4 is 5.56 Å². The Kier molecular flexibility index (Phi) is 2.34. The third-order valence-electron chi connectivity index (χ3n) is 3.21. The Balaban J connectivity index is 2.54. The number of pyridine rings is 1. The van der Waals surface area contributed by atoms with Crippen LogP contribution in [0.5, 0.6) is 0 Å². The second kappa shape index (κ2) is 3.93. The highest BCUT2D eigenvalue weighted by atomic mass is 16.6. The van der Waals surface area contributed by atoms with E-state index in [1.54, 1.807) is 6.92 Å². The summed E-state index contributed by atoms with van der Waals surface area (Å²) in [5.74, 6) is 0. The molecule has 0 aliphatic heterocycles. The molecule has 3 aromatic rings. The van der Waals surface area contributed by atoms with Gasteiger partial charge < -0.3 is 4.98 Å². The predicted molar refractivity (Wildman–Crippen MR) is 71.6 cm³/mol. The maximum atomic E-state index is 12.1. The number of aryl methyl sites for hydroxylation is 1. The van der Waals surface area contributed by atoms with Gasteiger partial charge in [0, 0.05) is 18.2 Å². The molecule has 0 saturated carbocycles. The van der Waals surface area contributed by atoms with Crippen LogP contribution in [0, 0.1) is 28.4 Å². The Labute approximate surface area is 111 Å². The van der Waals surface area contributed by atoms with Crippen molar-refractivity contribution in [1.29, 1.82) is 5.26 Å². The molecule has 7 heteroatoms. The van der Waals surface area contributed by atoms with Crippen LogP contribution in [-0.4, -0.2) is 14.3 Å². The highest BCUT2D eigenvalue weighted by molar-refractivity contribution is 5.84. The first-order chi connectivity index (χ1) is 9.52. The normalized spacial score (nSPS) is 10.8. The number of H-pyrrole nitrogens is 1. The lowest BCUT2D eigenvalue weighted by atomic mass is 10.2. The van der Waals surface area contributed by atoms with Gasteiger partial charge in [0.15, 0.2) is 0 Å². The van der Waals surface area contributed by atoms with E-state index in [2.05, 4.69) is 4.98 Å². The maximum absolute atomic E-state index is 12.1. The summed E-state index contributed by atoms with van der Waals surface area (Å²) in [5, 5.41) is 20.0. The van der Waals surface area contributed by atoms with Gasteiger partial charge in [-0.2, -0.15) is 5.26 Å². The first-order valence-electron chi connectivity index (χ1n) is 5.75. The molecule has 0 fully saturated rings. The molecule has 20 heavy (non-hydrogen) atoms. The minimum atomic E-state index is -0.510. The minimum Gasteiger partial charge on any atom is -0.338 e. The van der Waals surface area contributed by atoms with Gasteiger partial charge in [-0.05, 0) is 18.6 Å². The average Bonchev–Trinajstić information content (AvgIpc) is 2.77. The Hall–Kier alpha value is -3.14. The topological polar surface area (TPSA) is 104 Å². The number of nitro benzene ring substituents is 1. The lowest BCUT2D eigenvalue weighted by molar-refractivity contribution is -0.384. The fraction of sp³-hybridized carbons (Fsp3) is 0.0769. The van der Waals surface area contributed by atoms with Crippen molar-refractivity contribution in [1.82, 2.24) is 9.38 Å². The third-order valence-corrected chi connectivity index (χ3v) is 3.21. The number of rotatable bonds is 1. The van der Waals surface area contributed by atoms with Gasteiger partial charge in [0.25, 0.3) is 11.2 Å². The SMILES string of the molecule is Cc1cc(=O)n2c([nH]c3cc([N+](=O)[O-])ccc32)c1C#N. The van der Waals surface area contributed by atoms with E-state index in [9.17, 15) is 20.2 Å². The van der Waals surface area contributed by atoms with Crippen molar-refractivity contribution in [3.8, 4) is 6.07 Å². The second-order valence-corrected chi connectivity index (χ2v) is 4.42. The number of fused-ring (bicyclic) bond motifs is 3. The highest BCUT2D eigenvalue weighted by Crippen LogP contribution is 2.23. The van der Waals surface area contributed by atoms with E-state index in [4.69, 9.17) is 0 Å². The van der Waals surface area contributed by atoms with Gasteiger partial charge in [-0.3, -0.25) is 19.3 Å². The largest absolute Gasteiger partial charge is 0.338 e. The molecule has 0 saturated heterocycles. The molecular formula is C13H8N4O3. The Bertz CT molecular complexity index is 975. The third kappa shape index (κ3) is 1.48. The number of aromatic amines is 1. The number of benzene rings is 1. The summed E-state index contributed by atoms with van der Waals surface area (Å²) in [6.45, 7) is 1.67. The van der Waals surface area contributed by atoms with E-state index in [-0.39, 0.29) is 11.2 Å². The van der Waals surface area contributed by atoms with Crippen LogP contribution in [0.3, 0.4) is 0 Å². The molecule has 0 unspecified atom stereocenters. The summed E-state index contributed by atoms with van der Waals surface area (Å²) in [4.78, 5) is 25.2. The standard InChI is InChI=1S/C13H8N4O3/c1-7-4-12(18)16-11-3-2-8(17(19)20)5-10(11)15-13(16)9(7)6-14/h2-5,15H,1H3. The van der Waals surface area contributed by atoms with Gasteiger partial charge in [-0.15, -0.1) is 0 Å². The van der Waals surface area contributed by atoms with Crippen molar-refractivity contribution < 1.29 is 4.92 Å². The molecule has 98 valence electrons. The highest BCUT2D eigenvalue weighted by Gasteiger charge is 2.15. The first kappa shape index (κ1) is 11.9. The molecule has 0 spiro atoms. The molecule has 1 aromatic carbocycles. The molecule has 0 aliphatic carbocycles. The van der Waals surface area contributed by atoms with Crippen LogP contribution in [-0.2, 0) is 0 Å². The van der Waals surface area contributed by atoms with Gasteiger partial charge in [-0.25, -0.2) is 0 Å². The molecule has 0 amide bonds. The van der Waals surface area contributed by atoms with E-state index >= 15 is 0 Å².